The Morgan fingerprint density at radius 3 is 2.43 bits per heavy atom. The number of hydrogen-bond acceptors (Lipinski definition) is 5. The highest BCUT2D eigenvalue weighted by Gasteiger charge is 2.24. The fourth-order valence-corrected chi connectivity index (χ4v) is 2.57. The summed E-state index contributed by atoms with van der Waals surface area (Å²) in [5, 5.41) is 16.9. The highest BCUT2D eigenvalue weighted by atomic mass is 16.3. The predicted octanol–water partition coefficient (Wildman–Crippen LogP) is 1.74. The van der Waals surface area contributed by atoms with Gasteiger partial charge in [-0.25, -0.2) is 0 Å². The molecule has 1 atom stereocenters. The summed E-state index contributed by atoms with van der Waals surface area (Å²) in [6.07, 6.45) is 5.82. The first-order valence-corrected chi connectivity index (χ1v) is 9.80. The quantitative estimate of drug-likeness (QED) is 0.404. The Kier molecular flexibility index (Phi) is 10.8. The smallest absolute Gasteiger partial charge is 0.243 e. The molecule has 156 valence electrons. The van der Waals surface area contributed by atoms with E-state index < -0.39 is 11.9 Å². The third-order valence-corrected chi connectivity index (χ3v) is 4.22. The second-order valence-electron chi connectivity index (χ2n) is 7.06. The van der Waals surface area contributed by atoms with Gasteiger partial charge >= 0.3 is 0 Å². The van der Waals surface area contributed by atoms with E-state index in [4.69, 9.17) is 5.11 Å². The van der Waals surface area contributed by atoms with Crippen molar-refractivity contribution in [3.8, 4) is 0 Å². The van der Waals surface area contributed by atoms with E-state index in [0.717, 1.165) is 25.7 Å². The van der Waals surface area contributed by atoms with Gasteiger partial charge in [0.1, 0.15) is 6.04 Å². The van der Waals surface area contributed by atoms with E-state index >= 15 is 0 Å². The average molecular weight is 393 g/mol. The Morgan fingerprint density at radius 1 is 1.11 bits per heavy atom. The lowest BCUT2D eigenvalue weighted by atomic mass is 10.0. The van der Waals surface area contributed by atoms with E-state index in [1.54, 1.807) is 12.1 Å². The van der Waals surface area contributed by atoms with Crippen LogP contribution in [0.5, 0.6) is 0 Å². The molecule has 0 aliphatic carbocycles. The van der Waals surface area contributed by atoms with E-state index in [1.807, 2.05) is 13.8 Å². The topological polar surface area (TPSA) is 120 Å². The standard InChI is InChI=1S/C20H32N4O4/c1-4-5-6-7-8-17(26)24-19(14(2)3)20(28)22-12-18(27)23-15-9-10-16(13-25)21-11-15/h9-11,14,19,25H,4-8,12-13H2,1-3H3,(H,22,28)(H,23,27)(H,24,26). The minimum atomic E-state index is -0.683. The van der Waals surface area contributed by atoms with Crippen molar-refractivity contribution in [3.63, 3.8) is 0 Å². The van der Waals surface area contributed by atoms with Crippen LogP contribution in [0.1, 0.15) is 58.6 Å². The van der Waals surface area contributed by atoms with Crippen LogP contribution in [0.25, 0.3) is 0 Å². The molecule has 8 nitrogen and oxygen atoms in total. The first-order chi connectivity index (χ1) is 13.4. The molecule has 1 aromatic heterocycles. The predicted molar refractivity (Wildman–Crippen MR) is 107 cm³/mol. The Hall–Kier alpha value is -2.48. The number of unbranched alkanes of at least 4 members (excludes halogenated alkanes) is 3. The van der Waals surface area contributed by atoms with Gasteiger partial charge in [-0.2, -0.15) is 0 Å². The molecule has 28 heavy (non-hydrogen) atoms. The number of nitrogens with one attached hydrogen (secondary N) is 3. The average Bonchev–Trinajstić information content (AvgIpc) is 2.68. The van der Waals surface area contributed by atoms with E-state index in [-0.39, 0.29) is 30.9 Å². The number of anilines is 1. The molecular formula is C20H32N4O4. The van der Waals surface area contributed by atoms with Crippen LogP contribution in [-0.2, 0) is 21.0 Å². The van der Waals surface area contributed by atoms with Crippen LogP contribution < -0.4 is 16.0 Å². The summed E-state index contributed by atoms with van der Waals surface area (Å²) in [5.41, 5.74) is 0.966. The number of amides is 3. The maximum Gasteiger partial charge on any atom is 0.243 e. The van der Waals surface area contributed by atoms with Crippen molar-refractivity contribution < 1.29 is 19.5 Å². The SMILES string of the molecule is CCCCCCC(=O)NC(C(=O)NCC(=O)Nc1ccc(CO)nc1)C(C)C. The van der Waals surface area contributed by atoms with Crippen LogP contribution in [0, 0.1) is 5.92 Å². The third kappa shape index (κ3) is 8.94. The zero-order valence-electron chi connectivity index (χ0n) is 17.0. The number of aromatic nitrogens is 1. The summed E-state index contributed by atoms with van der Waals surface area (Å²) in [4.78, 5) is 40.4. The molecule has 1 aromatic rings. The molecule has 1 unspecified atom stereocenters. The molecule has 0 saturated carbocycles. The number of hydrogen-bond donors (Lipinski definition) is 4. The van der Waals surface area contributed by atoms with Gasteiger partial charge in [-0.1, -0.05) is 40.0 Å². The summed E-state index contributed by atoms with van der Waals surface area (Å²) in [5.74, 6) is -1.04. The van der Waals surface area contributed by atoms with Gasteiger partial charge in [0.2, 0.25) is 17.7 Å². The monoisotopic (exact) mass is 392 g/mol. The minimum absolute atomic E-state index is 0.0992. The summed E-state index contributed by atoms with van der Waals surface area (Å²) >= 11 is 0. The fraction of sp³-hybridized carbons (Fsp3) is 0.600. The van der Waals surface area contributed by atoms with Gasteiger partial charge in [-0.05, 0) is 24.5 Å². The van der Waals surface area contributed by atoms with Crippen LogP contribution in [0.15, 0.2) is 18.3 Å². The van der Waals surface area contributed by atoms with E-state index in [0.29, 0.717) is 17.8 Å². The molecule has 0 bridgehead atoms. The molecule has 0 fully saturated rings. The van der Waals surface area contributed by atoms with Crippen molar-refractivity contribution >= 4 is 23.4 Å². The van der Waals surface area contributed by atoms with Gasteiger partial charge in [0, 0.05) is 6.42 Å². The zero-order chi connectivity index (χ0) is 20.9. The summed E-state index contributed by atoms with van der Waals surface area (Å²) in [6, 6.07) is 2.53. The van der Waals surface area contributed by atoms with E-state index in [9.17, 15) is 14.4 Å². The molecule has 0 spiro atoms. The summed E-state index contributed by atoms with van der Waals surface area (Å²) in [7, 11) is 0. The van der Waals surface area contributed by atoms with Gasteiger partial charge in [0.05, 0.1) is 30.7 Å². The Bertz CT molecular complexity index is 632. The zero-order valence-corrected chi connectivity index (χ0v) is 17.0. The van der Waals surface area contributed by atoms with Crippen molar-refractivity contribution in [3.05, 3.63) is 24.0 Å². The molecule has 1 heterocycles. The number of aliphatic hydroxyl groups is 1. The highest BCUT2D eigenvalue weighted by Crippen LogP contribution is 2.07. The molecule has 4 N–H and O–H groups in total. The largest absolute Gasteiger partial charge is 0.390 e. The van der Waals surface area contributed by atoms with Gasteiger partial charge in [-0.3, -0.25) is 19.4 Å². The molecule has 3 amide bonds. The van der Waals surface area contributed by atoms with Crippen molar-refractivity contribution in [2.24, 2.45) is 5.92 Å². The van der Waals surface area contributed by atoms with Crippen LogP contribution >= 0.6 is 0 Å². The molecule has 0 saturated heterocycles. The number of rotatable bonds is 12. The number of pyridine rings is 1. The molecular weight excluding hydrogens is 360 g/mol. The van der Waals surface area contributed by atoms with Crippen molar-refractivity contribution in [1.82, 2.24) is 15.6 Å². The van der Waals surface area contributed by atoms with Gasteiger partial charge in [0.15, 0.2) is 0 Å². The maximum atomic E-state index is 12.4. The summed E-state index contributed by atoms with van der Waals surface area (Å²) < 4.78 is 0. The normalized spacial score (nSPS) is 11.8. The molecule has 0 aliphatic rings. The Balaban J connectivity index is 2.45. The third-order valence-electron chi connectivity index (χ3n) is 4.22. The number of aliphatic hydroxyl groups excluding tert-OH is 1. The minimum Gasteiger partial charge on any atom is -0.390 e. The van der Waals surface area contributed by atoms with Crippen LogP contribution in [0.2, 0.25) is 0 Å². The lowest BCUT2D eigenvalue weighted by molar-refractivity contribution is -0.130. The lowest BCUT2D eigenvalue weighted by Crippen LogP contribution is -2.51. The lowest BCUT2D eigenvalue weighted by Gasteiger charge is -2.21. The summed E-state index contributed by atoms with van der Waals surface area (Å²) in [6.45, 7) is 5.41. The first kappa shape index (κ1) is 23.6. The van der Waals surface area contributed by atoms with Crippen LogP contribution in [-0.4, -0.2) is 40.4 Å². The molecule has 0 radical (unpaired) electrons. The highest BCUT2D eigenvalue weighted by molar-refractivity contribution is 5.96. The van der Waals surface area contributed by atoms with Gasteiger partial charge in [0.25, 0.3) is 0 Å². The van der Waals surface area contributed by atoms with Gasteiger partial charge in [-0.15, -0.1) is 0 Å². The number of carbonyl (C=O) groups excluding carboxylic acids is 3. The van der Waals surface area contributed by atoms with Crippen molar-refractivity contribution in [1.29, 1.82) is 0 Å². The maximum absolute atomic E-state index is 12.4. The number of nitrogens with zero attached hydrogens (tertiary/aromatic N) is 1. The van der Waals surface area contributed by atoms with Crippen molar-refractivity contribution in [2.45, 2.75) is 65.5 Å². The van der Waals surface area contributed by atoms with Crippen molar-refractivity contribution in [2.75, 3.05) is 11.9 Å². The number of carbonyl (C=O) groups is 3. The molecule has 8 heteroatoms. The second kappa shape index (κ2) is 12.8. The van der Waals surface area contributed by atoms with Gasteiger partial charge < -0.3 is 21.1 Å². The van der Waals surface area contributed by atoms with E-state index in [2.05, 4.69) is 27.9 Å². The first-order valence-electron chi connectivity index (χ1n) is 9.80. The molecule has 0 aromatic carbocycles. The van der Waals surface area contributed by atoms with E-state index in [1.165, 1.54) is 6.20 Å². The van der Waals surface area contributed by atoms with Crippen LogP contribution in [0.4, 0.5) is 5.69 Å². The fourth-order valence-electron chi connectivity index (χ4n) is 2.57. The van der Waals surface area contributed by atoms with Crippen LogP contribution in [0.3, 0.4) is 0 Å². The Morgan fingerprint density at radius 2 is 1.86 bits per heavy atom. The Labute approximate surface area is 166 Å². The molecule has 1 rings (SSSR count). The molecule has 0 aliphatic heterocycles. The second-order valence-corrected chi connectivity index (χ2v) is 7.06.